The Balaban J connectivity index is 2.60. The second-order valence-electron chi connectivity index (χ2n) is 3.39. The van der Waals surface area contributed by atoms with Gasteiger partial charge in [-0.25, -0.2) is 0 Å². The largest absolute Gasteiger partial charge is 0.103 e. The smallest absolute Gasteiger partial charge is 0.00507 e. The van der Waals surface area contributed by atoms with Crippen LogP contribution in [0, 0.1) is 5.92 Å². The molecule has 0 spiro atoms. The quantitative estimate of drug-likeness (QED) is 0.592. The van der Waals surface area contributed by atoms with Crippen molar-refractivity contribution in [3.63, 3.8) is 0 Å². The number of benzene rings is 1. The van der Waals surface area contributed by atoms with E-state index < -0.39 is 0 Å². The molecule has 0 aliphatic carbocycles. The summed E-state index contributed by atoms with van der Waals surface area (Å²) in [5, 5.41) is 0. The fraction of sp³-hybridized carbons (Fsp3) is 0.133. The molecule has 0 bridgehead atoms. The Kier molecular flexibility index (Phi) is 5.24. The molecule has 0 aromatic heterocycles. The third-order valence-corrected chi connectivity index (χ3v) is 2.12. The first kappa shape index (κ1) is 11.5. The predicted molar refractivity (Wildman–Crippen MR) is 68.3 cm³/mol. The standard InChI is InChI=1S/C15H17/c1-3-8-14(9-4-2)12-13-15-10-6-5-7-11-15/h3-7,10-13H,1-2,8-9H2. The van der Waals surface area contributed by atoms with E-state index in [-0.39, 0.29) is 0 Å². The molecule has 1 rings (SSSR count). The van der Waals surface area contributed by atoms with Gasteiger partial charge in [0.25, 0.3) is 0 Å². The van der Waals surface area contributed by atoms with Gasteiger partial charge in [-0.1, -0.05) is 54.6 Å². The Bertz CT molecular complexity index is 309. The summed E-state index contributed by atoms with van der Waals surface area (Å²) < 4.78 is 0. The molecule has 0 N–H and O–H groups in total. The van der Waals surface area contributed by atoms with Gasteiger partial charge in [0, 0.05) is 5.92 Å². The van der Waals surface area contributed by atoms with Gasteiger partial charge in [-0.3, -0.25) is 0 Å². The molecule has 0 amide bonds. The zero-order valence-corrected chi connectivity index (χ0v) is 9.02. The minimum atomic E-state index is 0.926. The number of hydrogen-bond acceptors (Lipinski definition) is 0. The predicted octanol–water partition coefficient (Wildman–Crippen LogP) is 4.43. The number of rotatable bonds is 6. The molecule has 15 heavy (non-hydrogen) atoms. The van der Waals surface area contributed by atoms with E-state index in [9.17, 15) is 0 Å². The maximum atomic E-state index is 3.75. The highest BCUT2D eigenvalue weighted by atomic mass is 14.0. The summed E-state index contributed by atoms with van der Waals surface area (Å²) in [5.41, 5.74) is 1.23. The van der Waals surface area contributed by atoms with Gasteiger partial charge in [0.1, 0.15) is 0 Å². The Hall–Kier alpha value is -1.56. The van der Waals surface area contributed by atoms with Crippen molar-refractivity contribution in [1.29, 1.82) is 0 Å². The summed E-state index contributed by atoms with van der Waals surface area (Å²) in [6.45, 7) is 7.50. The Morgan fingerprint density at radius 3 is 2.13 bits per heavy atom. The lowest BCUT2D eigenvalue weighted by Gasteiger charge is -2.05. The van der Waals surface area contributed by atoms with Crippen molar-refractivity contribution in [2.75, 3.05) is 0 Å². The van der Waals surface area contributed by atoms with Crippen molar-refractivity contribution in [2.24, 2.45) is 0 Å². The normalized spacial score (nSPS) is 10.7. The highest BCUT2D eigenvalue weighted by Crippen LogP contribution is 2.16. The van der Waals surface area contributed by atoms with E-state index in [1.54, 1.807) is 0 Å². The van der Waals surface area contributed by atoms with Crippen LogP contribution in [0.4, 0.5) is 0 Å². The van der Waals surface area contributed by atoms with Crippen molar-refractivity contribution < 1.29 is 0 Å². The highest BCUT2D eigenvalue weighted by molar-refractivity contribution is 5.51. The van der Waals surface area contributed by atoms with Crippen molar-refractivity contribution in [3.8, 4) is 0 Å². The van der Waals surface area contributed by atoms with E-state index >= 15 is 0 Å². The molecule has 0 saturated carbocycles. The van der Waals surface area contributed by atoms with Gasteiger partial charge in [0.15, 0.2) is 0 Å². The molecule has 0 heterocycles. The van der Waals surface area contributed by atoms with Gasteiger partial charge in [0.05, 0.1) is 0 Å². The molecule has 0 nitrogen and oxygen atoms in total. The molecule has 0 aliphatic heterocycles. The second kappa shape index (κ2) is 6.83. The third-order valence-electron chi connectivity index (χ3n) is 2.12. The van der Waals surface area contributed by atoms with Crippen LogP contribution in [0.25, 0.3) is 6.08 Å². The summed E-state index contributed by atoms with van der Waals surface area (Å²) in [5.74, 6) is 1.34. The van der Waals surface area contributed by atoms with Crippen LogP contribution in [0.5, 0.6) is 0 Å². The minimum absolute atomic E-state index is 0.926. The van der Waals surface area contributed by atoms with E-state index in [4.69, 9.17) is 0 Å². The molecule has 0 saturated heterocycles. The number of allylic oxidation sites excluding steroid dienone is 3. The first-order chi connectivity index (χ1) is 7.36. The van der Waals surface area contributed by atoms with Crippen LogP contribution in [0.15, 0.2) is 61.7 Å². The zero-order chi connectivity index (χ0) is 10.9. The minimum Gasteiger partial charge on any atom is -0.103 e. The fourth-order valence-electron chi connectivity index (χ4n) is 1.37. The fourth-order valence-corrected chi connectivity index (χ4v) is 1.37. The molecule has 77 valence electrons. The monoisotopic (exact) mass is 197 g/mol. The average molecular weight is 197 g/mol. The molecule has 0 fully saturated rings. The molecule has 1 radical (unpaired) electrons. The molecule has 0 heteroatoms. The van der Waals surface area contributed by atoms with E-state index in [1.165, 1.54) is 11.5 Å². The maximum absolute atomic E-state index is 3.75. The maximum Gasteiger partial charge on any atom is 0.00507 e. The Morgan fingerprint density at radius 2 is 1.60 bits per heavy atom. The molecule has 1 aromatic carbocycles. The van der Waals surface area contributed by atoms with Gasteiger partial charge in [-0.15, -0.1) is 13.2 Å². The van der Waals surface area contributed by atoms with Crippen molar-refractivity contribution >= 4 is 6.08 Å². The molecule has 0 unspecified atom stereocenters. The summed E-state index contributed by atoms with van der Waals surface area (Å²) in [4.78, 5) is 0. The van der Waals surface area contributed by atoms with Crippen LogP contribution in [-0.4, -0.2) is 0 Å². The van der Waals surface area contributed by atoms with Crippen LogP contribution in [0.2, 0.25) is 0 Å². The van der Waals surface area contributed by atoms with Gasteiger partial charge in [0.2, 0.25) is 0 Å². The molecule has 1 aromatic rings. The van der Waals surface area contributed by atoms with Crippen LogP contribution < -0.4 is 0 Å². The summed E-state index contributed by atoms with van der Waals surface area (Å²) in [6.07, 6.45) is 9.98. The lowest BCUT2D eigenvalue weighted by Crippen LogP contribution is -1.88. The van der Waals surface area contributed by atoms with Crippen molar-refractivity contribution in [3.05, 3.63) is 73.2 Å². The highest BCUT2D eigenvalue weighted by Gasteiger charge is 1.99. The third kappa shape index (κ3) is 4.46. The van der Waals surface area contributed by atoms with Crippen molar-refractivity contribution in [1.82, 2.24) is 0 Å². The van der Waals surface area contributed by atoms with Gasteiger partial charge in [-0.05, 0) is 18.4 Å². The summed E-state index contributed by atoms with van der Waals surface area (Å²) in [7, 11) is 0. The van der Waals surface area contributed by atoms with Gasteiger partial charge >= 0.3 is 0 Å². The van der Waals surface area contributed by atoms with E-state index in [2.05, 4.69) is 37.4 Å². The first-order valence-electron chi connectivity index (χ1n) is 5.16. The average Bonchev–Trinajstić information content (AvgIpc) is 2.28. The Morgan fingerprint density at radius 1 is 1.00 bits per heavy atom. The SMILES string of the molecule is C=CC[C](C=Cc1ccccc1)CC=C. The van der Waals surface area contributed by atoms with Crippen LogP contribution in [0.1, 0.15) is 18.4 Å². The second-order valence-corrected chi connectivity index (χ2v) is 3.39. The van der Waals surface area contributed by atoms with Crippen LogP contribution in [-0.2, 0) is 0 Å². The van der Waals surface area contributed by atoms with E-state index in [0.29, 0.717) is 0 Å². The molecule has 0 atom stereocenters. The molecule has 0 aliphatic rings. The summed E-state index contributed by atoms with van der Waals surface area (Å²) in [6, 6.07) is 10.3. The first-order valence-corrected chi connectivity index (χ1v) is 5.16. The number of hydrogen-bond donors (Lipinski definition) is 0. The topological polar surface area (TPSA) is 0 Å². The van der Waals surface area contributed by atoms with Crippen LogP contribution >= 0.6 is 0 Å². The van der Waals surface area contributed by atoms with Gasteiger partial charge < -0.3 is 0 Å². The Labute approximate surface area is 92.6 Å². The van der Waals surface area contributed by atoms with E-state index in [0.717, 1.165) is 12.8 Å². The zero-order valence-electron chi connectivity index (χ0n) is 9.02. The van der Waals surface area contributed by atoms with E-state index in [1.807, 2.05) is 30.4 Å². The van der Waals surface area contributed by atoms with Crippen LogP contribution in [0.3, 0.4) is 0 Å². The van der Waals surface area contributed by atoms with Crippen molar-refractivity contribution in [2.45, 2.75) is 12.8 Å². The molecular weight excluding hydrogens is 180 g/mol. The lowest BCUT2D eigenvalue weighted by atomic mass is 10.00. The molecular formula is C15H17. The summed E-state index contributed by atoms with van der Waals surface area (Å²) >= 11 is 0. The van der Waals surface area contributed by atoms with Gasteiger partial charge in [-0.2, -0.15) is 0 Å². The lowest BCUT2D eigenvalue weighted by molar-refractivity contribution is 0.985.